The summed E-state index contributed by atoms with van der Waals surface area (Å²) in [6, 6.07) is 62.0. The van der Waals surface area contributed by atoms with Crippen molar-refractivity contribution in [3.63, 3.8) is 0 Å². The molecular weight excluding hydrogens is 599 g/mol. The van der Waals surface area contributed by atoms with E-state index in [1.165, 1.54) is 21.9 Å². The van der Waals surface area contributed by atoms with Crippen LogP contribution >= 0.6 is 0 Å². The van der Waals surface area contributed by atoms with Gasteiger partial charge in [0.05, 0.1) is 0 Å². The van der Waals surface area contributed by atoms with E-state index in [4.69, 9.17) is 8.83 Å². The van der Waals surface area contributed by atoms with Gasteiger partial charge in [-0.3, -0.25) is 0 Å². The minimum atomic E-state index is 0.863. The summed E-state index contributed by atoms with van der Waals surface area (Å²) in [4.78, 5) is 2.30. The standard InChI is InChI=1S/C46H29NO2/c1-2-9-30(10-3-1)31-17-21-35(22-18-31)47(37-25-26-40-42-27-33-11-4-5-12-34(33)28-44(42)48-45(40)29-37)36-23-19-32(20-24-36)38-14-8-15-41-39-13-6-7-16-43(39)49-46(38)41/h1-29H. The smallest absolute Gasteiger partial charge is 0.143 e. The Kier molecular flexibility index (Phi) is 6.18. The van der Waals surface area contributed by atoms with Crippen LogP contribution in [0.3, 0.4) is 0 Å². The molecule has 0 fully saturated rings. The van der Waals surface area contributed by atoms with Crippen LogP contribution in [0.2, 0.25) is 0 Å². The molecule has 230 valence electrons. The summed E-state index contributed by atoms with van der Waals surface area (Å²) in [5.74, 6) is 0. The van der Waals surface area contributed by atoms with E-state index in [9.17, 15) is 0 Å². The molecule has 0 spiro atoms. The van der Waals surface area contributed by atoms with E-state index < -0.39 is 0 Å². The fourth-order valence-corrected chi connectivity index (χ4v) is 7.24. The van der Waals surface area contributed by atoms with Gasteiger partial charge in [0, 0.05) is 50.2 Å². The van der Waals surface area contributed by atoms with Crippen molar-refractivity contribution in [3.8, 4) is 22.3 Å². The van der Waals surface area contributed by atoms with Crippen molar-refractivity contribution in [3.05, 3.63) is 176 Å². The van der Waals surface area contributed by atoms with E-state index in [1.807, 2.05) is 12.1 Å². The summed E-state index contributed by atoms with van der Waals surface area (Å²) in [6.45, 7) is 0. The first-order chi connectivity index (χ1) is 24.3. The van der Waals surface area contributed by atoms with E-state index >= 15 is 0 Å². The van der Waals surface area contributed by atoms with E-state index in [-0.39, 0.29) is 0 Å². The van der Waals surface area contributed by atoms with E-state index in [1.54, 1.807) is 0 Å². The van der Waals surface area contributed by atoms with Crippen LogP contribution in [0.25, 0.3) is 76.9 Å². The summed E-state index contributed by atoms with van der Waals surface area (Å²) in [7, 11) is 0. The third kappa shape index (κ3) is 4.59. The normalized spacial score (nSPS) is 11.7. The van der Waals surface area contributed by atoms with Gasteiger partial charge in [0.25, 0.3) is 0 Å². The molecule has 0 radical (unpaired) electrons. The SMILES string of the molecule is c1ccc(-c2ccc(N(c3ccc(-c4cccc5c4oc4ccccc45)cc3)c3ccc4c(c3)oc3cc5ccccc5cc34)cc2)cc1. The number of fused-ring (bicyclic) bond motifs is 7. The van der Waals surface area contributed by atoms with Crippen molar-refractivity contribution in [1.82, 2.24) is 0 Å². The molecule has 8 aromatic carbocycles. The Bertz CT molecular complexity index is 2810. The molecule has 2 heterocycles. The minimum Gasteiger partial charge on any atom is -0.456 e. The lowest BCUT2D eigenvalue weighted by Crippen LogP contribution is -2.09. The van der Waals surface area contributed by atoms with Crippen LogP contribution in [0.1, 0.15) is 0 Å². The molecule has 10 aromatic rings. The Labute approximate surface area is 282 Å². The van der Waals surface area contributed by atoms with Crippen LogP contribution in [-0.2, 0) is 0 Å². The van der Waals surface area contributed by atoms with E-state index in [0.717, 1.165) is 72.1 Å². The van der Waals surface area contributed by atoms with E-state index in [0.29, 0.717) is 0 Å². The first-order valence-electron chi connectivity index (χ1n) is 16.6. The zero-order chi connectivity index (χ0) is 32.3. The van der Waals surface area contributed by atoms with Crippen LogP contribution in [0.15, 0.2) is 185 Å². The maximum Gasteiger partial charge on any atom is 0.143 e. The number of benzene rings is 8. The molecule has 0 N–H and O–H groups in total. The van der Waals surface area contributed by atoms with Gasteiger partial charge in [0.1, 0.15) is 22.3 Å². The molecule has 0 bridgehead atoms. The number of rotatable bonds is 5. The molecule has 0 aliphatic heterocycles. The van der Waals surface area contributed by atoms with E-state index in [2.05, 4.69) is 169 Å². The lowest BCUT2D eigenvalue weighted by Gasteiger charge is -2.26. The molecule has 0 amide bonds. The number of anilines is 3. The third-order valence-corrected chi connectivity index (χ3v) is 9.65. The highest BCUT2D eigenvalue weighted by Gasteiger charge is 2.18. The van der Waals surface area contributed by atoms with Gasteiger partial charge in [-0.1, -0.05) is 115 Å². The molecule has 0 aliphatic carbocycles. The zero-order valence-electron chi connectivity index (χ0n) is 26.5. The maximum absolute atomic E-state index is 6.51. The Hall–Kier alpha value is -6.58. The second-order valence-electron chi connectivity index (χ2n) is 12.6. The highest BCUT2D eigenvalue weighted by molar-refractivity contribution is 6.11. The summed E-state index contributed by atoms with van der Waals surface area (Å²) >= 11 is 0. The van der Waals surface area contributed by atoms with Crippen molar-refractivity contribution in [2.75, 3.05) is 4.90 Å². The molecule has 0 saturated carbocycles. The fraction of sp³-hybridized carbons (Fsp3) is 0. The van der Waals surface area contributed by atoms with Gasteiger partial charge < -0.3 is 13.7 Å². The number of hydrogen-bond donors (Lipinski definition) is 0. The number of hydrogen-bond acceptors (Lipinski definition) is 3. The Morgan fingerprint density at radius 1 is 0.327 bits per heavy atom. The molecule has 49 heavy (non-hydrogen) atoms. The monoisotopic (exact) mass is 627 g/mol. The average molecular weight is 628 g/mol. The summed E-state index contributed by atoms with van der Waals surface area (Å²) in [5.41, 5.74) is 11.3. The van der Waals surface area contributed by atoms with Gasteiger partial charge in [-0.15, -0.1) is 0 Å². The average Bonchev–Trinajstić information content (AvgIpc) is 3.72. The molecular formula is C46H29NO2. The van der Waals surface area contributed by atoms with Crippen LogP contribution in [0, 0.1) is 0 Å². The molecule has 3 heteroatoms. The lowest BCUT2D eigenvalue weighted by molar-refractivity contribution is 0.669. The molecule has 0 unspecified atom stereocenters. The highest BCUT2D eigenvalue weighted by Crippen LogP contribution is 2.41. The van der Waals surface area contributed by atoms with Gasteiger partial charge >= 0.3 is 0 Å². The van der Waals surface area contributed by atoms with Gasteiger partial charge in [-0.05, 0) is 82.1 Å². The minimum absolute atomic E-state index is 0.863. The first kappa shape index (κ1) is 27.5. The molecule has 0 atom stereocenters. The van der Waals surface area contributed by atoms with Crippen molar-refractivity contribution >= 4 is 71.7 Å². The van der Waals surface area contributed by atoms with Crippen molar-refractivity contribution in [2.45, 2.75) is 0 Å². The van der Waals surface area contributed by atoms with Gasteiger partial charge in [0.15, 0.2) is 0 Å². The number of para-hydroxylation sites is 2. The third-order valence-electron chi connectivity index (χ3n) is 9.65. The Morgan fingerprint density at radius 2 is 0.918 bits per heavy atom. The highest BCUT2D eigenvalue weighted by atomic mass is 16.3. The predicted octanol–water partition coefficient (Wildman–Crippen LogP) is 13.4. The van der Waals surface area contributed by atoms with Crippen LogP contribution in [0.5, 0.6) is 0 Å². The molecule has 3 nitrogen and oxygen atoms in total. The predicted molar refractivity (Wildman–Crippen MR) is 204 cm³/mol. The Morgan fingerprint density at radius 3 is 1.71 bits per heavy atom. The summed E-state index contributed by atoms with van der Waals surface area (Å²) < 4.78 is 12.9. The van der Waals surface area contributed by atoms with Crippen molar-refractivity contribution in [2.24, 2.45) is 0 Å². The van der Waals surface area contributed by atoms with Gasteiger partial charge in [0.2, 0.25) is 0 Å². The molecule has 0 saturated heterocycles. The molecule has 2 aromatic heterocycles. The molecule has 10 rings (SSSR count). The van der Waals surface area contributed by atoms with Crippen LogP contribution in [-0.4, -0.2) is 0 Å². The van der Waals surface area contributed by atoms with Crippen molar-refractivity contribution in [1.29, 1.82) is 0 Å². The van der Waals surface area contributed by atoms with Gasteiger partial charge in [-0.2, -0.15) is 0 Å². The van der Waals surface area contributed by atoms with Crippen molar-refractivity contribution < 1.29 is 8.83 Å². The van der Waals surface area contributed by atoms with Gasteiger partial charge in [-0.25, -0.2) is 0 Å². The quantitative estimate of drug-likeness (QED) is 0.190. The maximum atomic E-state index is 6.51. The lowest BCUT2D eigenvalue weighted by atomic mass is 10.0. The largest absolute Gasteiger partial charge is 0.456 e. The van der Waals surface area contributed by atoms with Crippen LogP contribution in [0.4, 0.5) is 17.1 Å². The molecule has 0 aliphatic rings. The number of nitrogens with zero attached hydrogens (tertiary/aromatic N) is 1. The zero-order valence-corrected chi connectivity index (χ0v) is 26.5. The second-order valence-corrected chi connectivity index (χ2v) is 12.6. The topological polar surface area (TPSA) is 29.5 Å². The fourth-order valence-electron chi connectivity index (χ4n) is 7.24. The second kappa shape index (κ2) is 11.0. The Balaban J connectivity index is 1.10. The first-order valence-corrected chi connectivity index (χ1v) is 16.6. The summed E-state index contributed by atoms with van der Waals surface area (Å²) in [6.07, 6.45) is 0. The van der Waals surface area contributed by atoms with Crippen LogP contribution < -0.4 is 4.90 Å². The number of furan rings is 2. The summed E-state index contributed by atoms with van der Waals surface area (Å²) in [5, 5.41) is 6.88.